The van der Waals surface area contributed by atoms with Crippen molar-refractivity contribution in [3.63, 3.8) is 0 Å². The Balaban J connectivity index is 1.36. The number of nitrogens with one attached hydrogen (secondary N) is 3. The number of hydrogen-bond acceptors (Lipinski definition) is 5. The highest BCUT2D eigenvalue weighted by atomic mass is 19.4. The van der Waals surface area contributed by atoms with Gasteiger partial charge in [-0.3, -0.25) is 0 Å². The van der Waals surface area contributed by atoms with Gasteiger partial charge in [-0.05, 0) is 57.4 Å². The lowest BCUT2D eigenvalue weighted by Gasteiger charge is -2.33. The van der Waals surface area contributed by atoms with Crippen molar-refractivity contribution in [2.75, 3.05) is 30.3 Å². The summed E-state index contributed by atoms with van der Waals surface area (Å²) in [5.74, 6) is 1.24. The Kier molecular flexibility index (Phi) is 6.16. The van der Waals surface area contributed by atoms with Crippen molar-refractivity contribution >= 4 is 33.9 Å². The first kappa shape index (κ1) is 24.0. The summed E-state index contributed by atoms with van der Waals surface area (Å²) in [4.78, 5) is 9.60. The normalized spacial score (nSPS) is 18.2. The quantitative estimate of drug-likeness (QED) is 0.330. The van der Waals surface area contributed by atoms with E-state index in [1.54, 1.807) is 6.07 Å². The predicted octanol–water partition coefficient (Wildman–Crippen LogP) is 7.07. The molecule has 1 saturated carbocycles. The zero-order valence-electron chi connectivity index (χ0n) is 20.8. The van der Waals surface area contributed by atoms with E-state index in [-0.39, 0.29) is 17.1 Å². The van der Waals surface area contributed by atoms with Gasteiger partial charge in [0, 0.05) is 53.9 Å². The molecule has 0 unspecified atom stereocenters. The molecular weight excluding hydrogens is 479 g/mol. The van der Waals surface area contributed by atoms with Crippen molar-refractivity contribution in [3.8, 4) is 5.75 Å². The molecule has 6 nitrogen and oxygen atoms in total. The van der Waals surface area contributed by atoms with Gasteiger partial charge >= 0.3 is 6.18 Å². The van der Waals surface area contributed by atoms with Gasteiger partial charge in [-0.1, -0.05) is 12.6 Å². The van der Waals surface area contributed by atoms with Crippen LogP contribution in [0.4, 0.5) is 30.4 Å². The molecule has 1 aliphatic carbocycles. The SMILES string of the molecule is C=C(c1ccc(Nc2cc(NC3CCC3)c3c(C(F)(F)F)c[nH]c3n2)c2c1CCCO2)N1CCCCC1. The number of ether oxygens (including phenoxy) is 1. The molecule has 2 aromatic heterocycles. The number of anilines is 3. The summed E-state index contributed by atoms with van der Waals surface area (Å²) in [5.41, 5.74) is 3.96. The lowest BCUT2D eigenvalue weighted by Crippen LogP contribution is -2.28. The molecule has 0 bridgehead atoms. The van der Waals surface area contributed by atoms with Gasteiger partial charge in [0.15, 0.2) is 0 Å². The molecule has 6 rings (SSSR count). The van der Waals surface area contributed by atoms with E-state index in [2.05, 4.69) is 38.1 Å². The Morgan fingerprint density at radius 3 is 2.62 bits per heavy atom. The van der Waals surface area contributed by atoms with Crippen LogP contribution >= 0.6 is 0 Å². The molecule has 2 aliphatic heterocycles. The zero-order chi connectivity index (χ0) is 25.6. The first-order valence-electron chi connectivity index (χ1n) is 13.2. The van der Waals surface area contributed by atoms with Crippen LogP contribution in [0, 0.1) is 0 Å². The first-order valence-corrected chi connectivity index (χ1v) is 13.2. The number of aromatic nitrogens is 2. The number of likely N-dealkylation sites (tertiary alicyclic amines) is 1. The number of pyridine rings is 1. The van der Waals surface area contributed by atoms with E-state index >= 15 is 0 Å². The Hall–Kier alpha value is -3.36. The number of halogens is 3. The largest absolute Gasteiger partial charge is 0.491 e. The topological polar surface area (TPSA) is 65.2 Å². The minimum absolute atomic E-state index is 0.0800. The van der Waals surface area contributed by atoms with Crippen LogP contribution in [0.15, 0.2) is 31.0 Å². The van der Waals surface area contributed by atoms with E-state index in [0.717, 1.165) is 79.7 Å². The summed E-state index contributed by atoms with van der Waals surface area (Å²) in [6, 6.07) is 5.90. The van der Waals surface area contributed by atoms with Crippen molar-refractivity contribution in [2.45, 2.75) is 63.6 Å². The molecule has 37 heavy (non-hydrogen) atoms. The van der Waals surface area contributed by atoms with Crippen LogP contribution in [-0.2, 0) is 12.6 Å². The number of rotatable bonds is 6. The Morgan fingerprint density at radius 2 is 1.89 bits per heavy atom. The number of fused-ring (bicyclic) bond motifs is 2. The minimum atomic E-state index is -4.47. The van der Waals surface area contributed by atoms with Crippen molar-refractivity contribution in [3.05, 3.63) is 47.7 Å². The number of alkyl halides is 3. The number of hydrogen-bond donors (Lipinski definition) is 3. The van der Waals surface area contributed by atoms with E-state index in [1.807, 2.05) is 6.07 Å². The van der Waals surface area contributed by atoms with Gasteiger partial charge in [0.25, 0.3) is 0 Å². The Morgan fingerprint density at radius 1 is 1.08 bits per heavy atom. The third-order valence-electron chi connectivity index (χ3n) is 7.80. The molecule has 3 aliphatic rings. The highest BCUT2D eigenvalue weighted by Crippen LogP contribution is 2.43. The maximum absolute atomic E-state index is 13.7. The molecule has 0 atom stereocenters. The molecule has 1 saturated heterocycles. The van der Waals surface area contributed by atoms with Gasteiger partial charge in [0.05, 0.1) is 23.2 Å². The molecule has 0 spiro atoms. The Labute approximate surface area is 214 Å². The fraction of sp³-hybridized carbons (Fsp3) is 0.464. The maximum atomic E-state index is 13.7. The zero-order valence-corrected chi connectivity index (χ0v) is 20.8. The van der Waals surface area contributed by atoms with E-state index < -0.39 is 11.7 Å². The number of piperidine rings is 1. The number of benzene rings is 1. The summed E-state index contributed by atoms with van der Waals surface area (Å²) in [6.45, 7) is 7.07. The standard InChI is InChI=1S/C28H32F3N5O/c1-17(36-12-3-2-4-13-36)19-10-11-22(26-20(19)9-6-14-37-26)34-24-15-23(33-18-7-5-8-18)25-21(28(29,30)31)16-32-27(25)35-24/h10-11,15-16,18H,1-9,12-14H2,(H3,32,33,34,35). The molecule has 2 fully saturated rings. The van der Waals surface area contributed by atoms with Crippen molar-refractivity contribution in [1.82, 2.24) is 14.9 Å². The fourth-order valence-electron chi connectivity index (χ4n) is 5.61. The second kappa shape index (κ2) is 9.50. The summed E-state index contributed by atoms with van der Waals surface area (Å²) in [6.07, 6.45) is 4.94. The third kappa shape index (κ3) is 4.60. The summed E-state index contributed by atoms with van der Waals surface area (Å²) in [7, 11) is 0. The van der Waals surface area contributed by atoms with Crippen LogP contribution in [0.2, 0.25) is 0 Å². The van der Waals surface area contributed by atoms with Crippen LogP contribution in [0.3, 0.4) is 0 Å². The van der Waals surface area contributed by atoms with Crippen LogP contribution in [0.5, 0.6) is 5.75 Å². The molecule has 0 radical (unpaired) electrons. The van der Waals surface area contributed by atoms with E-state index in [0.29, 0.717) is 18.1 Å². The first-order chi connectivity index (χ1) is 17.9. The van der Waals surface area contributed by atoms with Gasteiger partial charge in [-0.15, -0.1) is 0 Å². The number of nitrogens with zero attached hydrogens (tertiary/aromatic N) is 2. The minimum Gasteiger partial charge on any atom is -0.491 e. The average molecular weight is 512 g/mol. The summed E-state index contributed by atoms with van der Waals surface area (Å²) >= 11 is 0. The molecule has 1 aromatic carbocycles. The molecule has 9 heteroatoms. The van der Waals surface area contributed by atoms with Crippen molar-refractivity contribution < 1.29 is 17.9 Å². The molecule has 196 valence electrons. The molecular formula is C28H32F3N5O. The van der Waals surface area contributed by atoms with Crippen LogP contribution < -0.4 is 15.4 Å². The Bertz CT molecular complexity index is 1320. The van der Waals surface area contributed by atoms with Gasteiger partial charge < -0.3 is 25.3 Å². The maximum Gasteiger partial charge on any atom is 0.418 e. The van der Waals surface area contributed by atoms with Gasteiger partial charge in [-0.25, -0.2) is 4.98 Å². The van der Waals surface area contributed by atoms with Crippen LogP contribution in [0.25, 0.3) is 16.7 Å². The van der Waals surface area contributed by atoms with E-state index in [1.165, 1.54) is 19.3 Å². The summed E-state index contributed by atoms with van der Waals surface area (Å²) < 4.78 is 47.3. The molecule has 0 amide bonds. The predicted molar refractivity (Wildman–Crippen MR) is 140 cm³/mol. The van der Waals surface area contributed by atoms with E-state index in [4.69, 9.17) is 4.74 Å². The van der Waals surface area contributed by atoms with Gasteiger partial charge in [0.1, 0.15) is 17.2 Å². The second-order valence-corrected chi connectivity index (χ2v) is 10.3. The van der Waals surface area contributed by atoms with Crippen molar-refractivity contribution in [2.24, 2.45) is 0 Å². The van der Waals surface area contributed by atoms with Crippen LogP contribution in [0.1, 0.15) is 61.6 Å². The number of H-pyrrole nitrogens is 1. The van der Waals surface area contributed by atoms with Crippen molar-refractivity contribution in [1.29, 1.82) is 0 Å². The molecule has 3 aromatic rings. The fourth-order valence-corrected chi connectivity index (χ4v) is 5.61. The lowest BCUT2D eigenvalue weighted by atomic mass is 9.92. The highest BCUT2D eigenvalue weighted by Gasteiger charge is 2.36. The number of aromatic amines is 1. The third-order valence-corrected chi connectivity index (χ3v) is 7.80. The smallest absolute Gasteiger partial charge is 0.418 e. The van der Waals surface area contributed by atoms with Gasteiger partial charge in [-0.2, -0.15) is 13.2 Å². The average Bonchev–Trinajstić information content (AvgIpc) is 3.31. The lowest BCUT2D eigenvalue weighted by molar-refractivity contribution is -0.136. The highest BCUT2D eigenvalue weighted by molar-refractivity contribution is 5.95. The monoisotopic (exact) mass is 511 g/mol. The summed E-state index contributed by atoms with van der Waals surface area (Å²) in [5, 5.41) is 6.75. The van der Waals surface area contributed by atoms with Gasteiger partial charge in [0.2, 0.25) is 0 Å². The van der Waals surface area contributed by atoms with E-state index in [9.17, 15) is 13.2 Å². The second-order valence-electron chi connectivity index (χ2n) is 10.3. The van der Waals surface area contributed by atoms with Crippen LogP contribution in [-0.4, -0.2) is 40.6 Å². The molecule has 3 N–H and O–H groups in total. The molecule has 4 heterocycles.